The Morgan fingerprint density at radius 1 is 1.15 bits per heavy atom. The molecule has 132 valence electrons. The van der Waals surface area contributed by atoms with Crippen LogP contribution in [0.25, 0.3) is 0 Å². The van der Waals surface area contributed by atoms with Gasteiger partial charge in [-0.15, -0.1) is 0 Å². The second-order valence-corrected chi connectivity index (χ2v) is 6.20. The van der Waals surface area contributed by atoms with Crippen molar-refractivity contribution in [3.05, 3.63) is 67.1 Å². The third kappa shape index (κ3) is 3.42. The van der Waals surface area contributed by atoms with Gasteiger partial charge in [-0.25, -0.2) is 9.97 Å². The number of hydrogen-bond acceptors (Lipinski definition) is 5. The van der Waals surface area contributed by atoms with Crippen LogP contribution in [0.15, 0.2) is 61.6 Å². The molecule has 0 spiro atoms. The highest BCUT2D eigenvalue weighted by Crippen LogP contribution is 2.27. The van der Waals surface area contributed by atoms with Crippen molar-refractivity contribution >= 4 is 5.91 Å². The van der Waals surface area contributed by atoms with Gasteiger partial charge in [0.2, 0.25) is 5.88 Å². The smallest absolute Gasteiger partial charge is 0.259 e. The molecule has 7 heteroatoms. The fraction of sp³-hybridized carbons (Fsp3) is 0.263. The Labute approximate surface area is 151 Å². The molecule has 0 unspecified atom stereocenters. The summed E-state index contributed by atoms with van der Waals surface area (Å²) in [4.78, 5) is 27.3. The monoisotopic (exact) mass is 349 g/mol. The standard InChI is InChI=1S/C19H19N5O2/c25-19(23-10-3-4-15(13-23)24-11-9-21-14-24)17-6-2-8-22-18(17)26-16-5-1-7-20-12-16/h1-2,5-9,11-12,14-15H,3-4,10,13H2/t15-/m1/s1. The van der Waals surface area contributed by atoms with Crippen molar-refractivity contribution in [1.82, 2.24) is 24.4 Å². The minimum Gasteiger partial charge on any atom is -0.437 e. The summed E-state index contributed by atoms with van der Waals surface area (Å²) in [7, 11) is 0. The molecule has 0 N–H and O–H groups in total. The number of likely N-dealkylation sites (tertiary alicyclic amines) is 1. The van der Waals surface area contributed by atoms with E-state index < -0.39 is 0 Å². The summed E-state index contributed by atoms with van der Waals surface area (Å²) in [5.41, 5.74) is 0.461. The van der Waals surface area contributed by atoms with Gasteiger partial charge in [-0.1, -0.05) is 0 Å². The van der Waals surface area contributed by atoms with Gasteiger partial charge >= 0.3 is 0 Å². The first-order valence-electron chi connectivity index (χ1n) is 8.61. The molecule has 0 saturated carbocycles. The van der Waals surface area contributed by atoms with Crippen molar-refractivity contribution in [2.24, 2.45) is 0 Å². The number of carbonyl (C=O) groups is 1. The first-order valence-corrected chi connectivity index (χ1v) is 8.61. The number of rotatable bonds is 4. The molecule has 1 aliphatic rings. The van der Waals surface area contributed by atoms with Crippen molar-refractivity contribution in [1.29, 1.82) is 0 Å². The van der Waals surface area contributed by atoms with Crippen LogP contribution in [0.4, 0.5) is 0 Å². The third-order valence-corrected chi connectivity index (χ3v) is 4.48. The minimum absolute atomic E-state index is 0.0678. The zero-order valence-corrected chi connectivity index (χ0v) is 14.2. The van der Waals surface area contributed by atoms with Crippen LogP contribution in [0.2, 0.25) is 0 Å². The molecular formula is C19H19N5O2. The maximum atomic E-state index is 13.1. The van der Waals surface area contributed by atoms with Crippen LogP contribution in [0.1, 0.15) is 29.2 Å². The Balaban J connectivity index is 1.54. The fourth-order valence-corrected chi connectivity index (χ4v) is 3.19. The minimum atomic E-state index is -0.0678. The quantitative estimate of drug-likeness (QED) is 0.724. The molecule has 4 rings (SSSR count). The Bertz CT molecular complexity index is 867. The lowest BCUT2D eigenvalue weighted by Crippen LogP contribution is -2.40. The van der Waals surface area contributed by atoms with E-state index in [4.69, 9.17) is 4.74 Å². The van der Waals surface area contributed by atoms with Gasteiger partial charge in [0.1, 0.15) is 11.3 Å². The molecule has 26 heavy (non-hydrogen) atoms. The molecular weight excluding hydrogens is 330 g/mol. The summed E-state index contributed by atoms with van der Waals surface area (Å²) >= 11 is 0. The second kappa shape index (κ2) is 7.35. The number of pyridine rings is 2. The Hall–Kier alpha value is -3.22. The average Bonchev–Trinajstić information content (AvgIpc) is 3.24. The molecule has 1 atom stereocenters. The number of aromatic nitrogens is 4. The number of ether oxygens (including phenoxy) is 1. The summed E-state index contributed by atoms with van der Waals surface area (Å²) in [5, 5.41) is 0. The number of imidazole rings is 1. The molecule has 1 fully saturated rings. The van der Waals surface area contributed by atoms with Crippen molar-refractivity contribution in [2.45, 2.75) is 18.9 Å². The van der Waals surface area contributed by atoms with E-state index in [2.05, 4.69) is 19.5 Å². The predicted molar refractivity (Wildman–Crippen MR) is 94.9 cm³/mol. The number of carbonyl (C=O) groups excluding carboxylic acids is 1. The molecule has 1 amide bonds. The number of nitrogens with zero attached hydrogens (tertiary/aromatic N) is 5. The summed E-state index contributed by atoms with van der Waals surface area (Å²) in [6.07, 6.45) is 12.4. The highest BCUT2D eigenvalue weighted by atomic mass is 16.5. The molecule has 1 saturated heterocycles. The summed E-state index contributed by atoms with van der Waals surface area (Å²) in [5.74, 6) is 0.784. The molecule has 0 aliphatic carbocycles. The van der Waals surface area contributed by atoms with Gasteiger partial charge in [-0.3, -0.25) is 9.78 Å². The predicted octanol–water partition coefficient (Wildman–Crippen LogP) is 2.94. The lowest BCUT2D eigenvalue weighted by molar-refractivity contribution is 0.0676. The molecule has 0 radical (unpaired) electrons. The normalized spacial score (nSPS) is 17.1. The zero-order valence-electron chi connectivity index (χ0n) is 14.2. The van der Waals surface area contributed by atoms with Gasteiger partial charge < -0.3 is 14.2 Å². The Morgan fingerprint density at radius 3 is 2.88 bits per heavy atom. The fourth-order valence-electron chi connectivity index (χ4n) is 3.19. The van der Waals surface area contributed by atoms with E-state index in [0.717, 1.165) is 19.4 Å². The van der Waals surface area contributed by atoms with Crippen LogP contribution in [0, 0.1) is 0 Å². The first kappa shape index (κ1) is 16.3. The van der Waals surface area contributed by atoms with E-state index >= 15 is 0 Å². The summed E-state index contributed by atoms with van der Waals surface area (Å²) < 4.78 is 7.85. The topological polar surface area (TPSA) is 73.1 Å². The highest BCUT2D eigenvalue weighted by molar-refractivity contribution is 5.96. The molecule has 4 heterocycles. The summed E-state index contributed by atoms with van der Waals surface area (Å²) in [6, 6.07) is 7.31. The summed E-state index contributed by atoms with van der Waals surface area (Å²) in [6.45, 7) is 1.38. The zero-order chi connectivity index (χ0) is 17.8. The van der Waals surface area contributed by atoms with Gasteiger partial charge in [-0.05, 0) is 37.1 Å². The lowest BCUT2D eigenvalue weighted by atomic mass is 10.0. The Kier molecular flexibility index (Phi) is 4.59. The lowest BCUT2D eigenvalue weighted by Gasteiger charge is -2.33. The average molecular weight is 349 g/mol. The van der Waals surface area contributed by atoms with Crippen LogP contribution in [0.3, 0.4) is 0 Å². The van der Waals surface area contributed by atoms with E-state index in [1.54, 1.807) is 55.4 Å². The number of amides is 1. The second-order valence-electron chi connectivity index (χ2n) is 6.20. The molecule has 1 aliphatic heterocycles. The van der Waals surface area contributed by atoms with Gasteiger partial charge in [0.15, 0.2) is 0 Å². The van der Waals surface area contributed by atoms with Crippen LogP contribution in [-0.4, -0.2) is 43.4 Å². The van der Waals surface area contributed by atoms with Gasteiger partial charge in [0, 0.05) is 37.9 Å². The molecule has 7 nitrogen and oxygen atoms in total. The molecule has 0 aromatic carbocycles. The van der Waals surface area contributed by atoms with Gasteiger partial charge in [0.05, 0.1) is 18.6 Å². The molecule has 3 aromatic heterocycles. The number of piperidine rings is 1. The van der Waals surface area contributed by atoms with Gasteiger partial charge in [0.25, 0.3) is 5.91 Å². The van der Waals surface area contributed by atoms with E-state index in [-0.39, 0.29) is 11.9 Å². The van der Waals surface area contributed by atoms with Crippen LogP contribution >= 0.6 is 0 Å². The SMILES string of the molecule is O=C(c1cccnc1Oc1cccnc1)N1CCC[C@@H](n2ccnc2)C1. The molecule has 0 bridgehead atoms. The van der Waals surface area contributed by atoms with Crippen molar-refractivity contribution in [3.63, 3.8) is 0 Å². The van der Waals surface area contributed by atoms with Crippen molar-refractivity contribution < 1.29 is 9.53 Å². The van der Waals surface area contributed by atoms with E-state index in [1.807, 2.05) is 11.1 Å². The highest BCUT2D eigenvalue weighted by Gasteiger charge is 2.27. The van der Waals surface area contributed by atoms with E-state index in [0.29, 0.717) is 23.7 Å². The maximum absolute atomic E-state index is 13.1. The maximum Gasteiger partial charge on any atom is 0.259 e. The van der Waals surface area contributed by atoms with Crippen LogP contribution in [0.5, 0.6) is 11.6 Å². The number of hydrogen-bond donors (Lipinski definition) is 0. The van der Waals surface area contributed by atoms with E-state index in [9.17, 15) is 4.79 Å². The van der Waals surface area contributed by atoms with E-state index in [1.165, 1.54) is 0 Å². The van der Waals surface area contributed by atoms with Gasteiger partial charge in [-0.2, -0.15) is 0 Å². The first-order chi connectivity index (χ1) is 12.8. The van der Waals surface area contributed by atoms with Crippen molar-refractivity contribution in [3.8, 4) is 11.6 Å². The van der Waals surface area contributed by atoms with Crippen LogP contribution in [-0.2, 0) is 0 Å². The third-order valence-electron chi connectivity index (χ3n) is 4.48. The largest absolute Gasteiger partial charge is 0.437 e. The van der Waals surface area contributed by atoms with Crippen molar-refractivity contribution in [2.75, 3.05) is 13.1 Å². The molecule has 3 aromatic rings. The van der Waals surface area contributed by atoms with Crippen LogP contribution < -0.4 is 4.74 Å². The Morgan fingerprint density at radius 2 is 2.08 bits per heavy atom.